The molecule has 2 aliphatic carbocycles. The number of hydrogen-bond donors (Lipinski definition) is 2. The van der Waals surface area contributed by atoms with Crippen molar-refractivity contribution in [3.63, 3.8) is 0 Å². The first kappa shape index (κ1) is 56.0. The largest absolute Gasteiger partial charge is 0.478 e. The molecule has 24 heteroatoms. The third kappa shape index (κ3) is 12.3. The molecule has 6 aromatic heterocycles. The van der Waals surface area contributed by atoms with Gasteiger partial charge in [-0.05, 0) is 110 Å². The Morgan fingerprint density at radius 1 is 0.561 bits per heavy atom. The van der Waals surface area contributed by atoms with E-state index >= 15 is 17.6 Å². The molecule has 2 saturated carbocycles. The van der Waals surface area contributed by atoms with Crippen molar-refractivity contribution in [2.75, 3.05) is 13.3 Å². The minimum Gasteiger partial charge on any atom is -0.478 e. The van der Waals surface area contributed by atoms with E-state index in [0.717, 1.165) is 24.3 Å². The fraction of sp³-hybridized carbons (Fsp3) is 0.241. The van der Waals surface area contributed by atoms with Crippen molar-refractivity contribution in [2.24, 2.45) is 10.8 Å². The highest BCUT2D eigenvalue weighted by Crippen LogP contribution is 2.49. The maximum atomic E-state index is 15.4. The predicted octanol–water partition coefficient (Wildman–Crippen LogP) is 14.2. The number of nitrogens with zero attached hydrogens (tertiary/aromatic N) is 8. The van der Waals surface area contributed by atoms with E-state index in [1.165, 1.54) is 59.3 Å². The van der Waals surface area contributed by atoms with Crippen molar-refractivity contribution in [1.82, 2.24) is 39.0 Å². The first-order valence-electron chi connectivity index (χ1n) is 25.4. The molecule has 0 radical (unpaired) electrons. The van der Waals surface area contributed by atoms with E-state index in [4.69, 9.17) is 32.7 Å². The second-order valence-electron chi connectivity index (χ2n) is 20.1. The number of imidazole rings is 2. The summed E-state index contributed by atoms with van der Waals surface area (Å²) in [5.41, 5.74) is 1.44. The van der Waals surface area contributed by atoms with Crippen molar-refractivity contribution in [3.8, 4) is 34.3 Å². The molecule has 2 N–H and O–H groups in total. The fourth-order valence-corrected chi connectivity index (χ4v) is 11.1. The van der Waals surface area contributed by atoms with Gasteiger partial charge >= 0.3 is 11.9 Å². The van der Waals surface area contributed by atoms with E-state index in [1.54, 1.807) is 57.7 Å². The van der Waals surface area contributed by atoms with Crippen molar-refractivity contribution in [2.45, 2.75) is 64.8 Å². The van der Waals surface area contributed by atoms with Crippen molar-refractivity contribution in [1.29, 1.82) is 0 Å². The molecular formula is C58H44Cl2F6N8O6S2. The number of thiazole rings is 2. The summed E-state index contributed by atoms with van der Waals surface area (Å²) in [6, 6.07) is 22.9. The standard InChI is InChI=1S/2C29H22ClF3N4O3S/c2*30-24-12-34-27(41-24)13-40-26-3-1-2-21(36-26)18-11-19(32)17(8-20(18)33)10-25-35-22-5-4-16(28(38)39)9-23(22)37(25)15-29(14-31)6-7-29/h2*1-5,8-9,11-12H,6-7,10,13-15H2,(H,38,39). The highest BCUT2D eigenvalue weighted by atomic mass is 35.5. The summed E-state index contributed by atoms with van der Waals surface area (Å²) in [5, 5.41) is 20.2. The molecule has 0 amide bonds. The summed E-state index contributed by atoms with van der Waals surface area (Å²) in [4.78, 5) is 49.1. The molecule has 82 heavy (non-hydrogen) atoms. The number of hydrogen-bond acceptors (Lipinski definition) is 12. The van der Waals surface area contributed by atoms with Crippen LogP contribution in [-0.4, -0.2) is 74.5 Å². The molecule has 10 aromatic rings. The average Bonchev–Trinajstić information content (AvgIpc) is 4.32. The summed E-state index contributed by atoms with van der Waals surface area (Å²) in [6.45, 7) is -0.273. The van der Waals surface area contributed by atoms with Crippen LogP contribution < -0.4 is 9.47 Å². The topological polar surface area (TPSA) is 180 Å². The fourth-order valence-electron chi connectivity index (χ4n) is 9.38. The zero-order chi connectivity index (χ0) is 57.5. The molecule has 2 fully saturated rings. The lowest BCUT2D eigenvalue weighted by Crippen LogP contribution is -2.16. The van der Waals surface area contributed by atoms with Crippen molar-refractivity contribution < 1.29 is 55.6 Å². The third-order valence-corrected chi connectivity index (χ3v) is 16.5. The number of ether oxygens (including phenoxy) is 2. The van der Waals surface area contributed by atoms with E-state index in [9.17, 15) is 28.6 Å². The molecule has 420 valence electrons. The molecule has 6 heterocycles. The van der Waals surface area contributed by atoms with Crippen LogP contribution in [0.3, 0.4) is 0 Å². The Kier molecular flexibility index (Phi) is 15.8. The van der Waals surface area contributed by atoms with Crippen molar-refractivity contribution in [3.05, 3.63) is 185 Å². The lowest BCUT2D eigenvalue weighted by molar-refractivity contribution is 0.0686. The molecule has 4 aromatic carbocycles. The number of fused-ring (bicyclic) bond motifs is 2. The van der Waals surface area contributed by atoms with E-state index in [-0.39, 0.29) is 95.7 Å². The lowest BCUT2D eigenvalue weighted by Gasteiger charge is -2.16. The normalized spacial score (nSPS) is 14.0. The summed E-state index contributed by atoms with van der Waals surface area (Å²) >= 11 is 14.3. The summed E-state index contributed by atoms with van der Waals surface area (Å²) in [5.74, 6) is -3.69. The van der Waals surface area contributed by atoms with Gasteiger partial charge in [-0.2, -0.15) is 0 Å². The highest BCUT2D eigenvalue weighted by Gasteiger charge is 2.45. The average molecular weight is 1200 g/mol. The summed E-state index contributed by atoms with van der Waals surface area (Å²) < 4.78 is 105. The molecule has 0 spiro atoms. The Balaban J connectivity index is 0.000000172. The number of rotatable bonds is 20. The first-order chi connectivity index (χ1) is 39.5. The third-order valence-electron chi connectivity index (χ3n) is 14.3. The minimum atomic E-state index is -1.10. The number of carbonyl (C=O) groups is 2. The number of carboxylic acids is 2. The Labute approximate surface area is 480 Å². The van der Waals surface area contributed by atoms with Crippen molar-refractivity contribution >= 4 is 79.9 Å². The van der Waals surface area contributed by atoms with Crippen LogP contribution in [0.5, 0.6) is 11.8 Å². The number of carboxylic acid groups (broad SMARTS) is 2. The quantitative estimate of drug-likeness (QED) is 0.0691. The molecule has 12 rings (SSSR count). The van der Waals surface area contributed by atoms with Crippen LogP contribution >= 0.6 is 45.9 Å². The molecular weight excluding hydrogens is 1150 g/mol. The van der Waals surface area contributed by atoms with E-state index in [2.05, 4.69) is 29.9 Å². The predicted molar refractivity (Wildman–Crippen MR) is 296 cm³/mol. The highest BCUT2D eigenvalue weighted by molar-refractivity contribution is 7.16. The maximum Gasteiger partial charge on any atom is 0.335 e. The smallest absolute Gasteiger partial charge is 0.335 e. The van der Waals surface area contributed by atoms with Crippen LogP contribution in [0.4, 0.5) is 26.3 Å². The van der Waals surface area contributed by atoms with E-state index in [0.29, 0.717) is 78.1 Å². The first-order valence-corrected chi connectivity index (χ1v) is 27.8. The SMILES string of the molecule is O=C(O)c1ccc2nc(Cc3cc(F)c(-c4cccc(OCc5ncc(Cl)s5)n4)cc3F)n(CC3(CF)CC3)c2c1.O=C(O)c1ccc2nc(Cc3cc(F)c(-c4cccc(OCc5ncc(Cl)s5)n4)cc3F)n(CC3(CF)CC3)c2c1. The van der Waals surface area contributed by atoms with Gasteiger partial charge in [0.05, 0.1) is 70.3 Å². The van der Waals surface area contributed by atoms with Gasteiger partial charge in [0, 0.05) is 60.0 Å². The van der Waals surface area contributed by atoms with Gasteiger partial charge in [-0.1, -0.05) is 35.3 Å². The molecule has 0 unspecified atom stereocenters. The van der Waals surface area contributed by atoms with Gasteiger partial charge in [0.2, 0.25) is 11.8 Å². The Morgan fingerprint density at radius 2 is 0.976 bits per heavy atom. The van der Waals surface area contributed by atoms with Gasteiger partial charge < -0.3 is 28.8 Å². The summed E-state index contributed by atoms with van der Waals surface area (Å²) in [7, 11) is 0. The Bertz CT molecular complexity index is 3830. The molecule has 2 aliphatic rings. The number of pyridine rings is 2. The second kappa shape index (κ2) is 23.1. The number of benzene rings is 4. The lowest BCUT2D eigenvalue weighted by atomic mass is 10.0. The van der Waals surface area contributed by atoms with Crippen LogP contribution in [0.2, 0.25) is 8.67 Å². The second-order valence-corrected chi connectivity index (χ2v) is 23.6. The van der Waals surface area contributed by atoms with Gasteiger partial charge in [0.1, 0.15) is 66.8 Å². The van der Waals surface area contributed by atoms with E-state index < -0.39 is 59.4 Å². The number of alkyl halides is 2. The number of aromatic nitrogens is 8. The molecule has 0 aliphatic heterocycles. The molecule has 0 saturated heterocycles. The maximum absolute atomic E-state index is 15.4. The Hall–Kier alpha value is -7.92. The van der Waals surface area contributed by atoms with Crippen LogP contribution in [0.1, 0.15) is 79.2 Å². The van der Waals surface area contributed by atoms with Gasteiger partial charge in [-0.15, -0.1) is 22.7 Å². The van der Waals surface area contributed by atoms with Gasteiger partial charge in [-0.25, -0.2) is 57.1 Å². The van der Waals surface area contributed by atoms with Crippen LogP contribution in [0.15, 0.2) is 109 Å². The minimum absolute atomic E-state index is 0.0389. The zero-order valence-electron chi connectivity index (χ0n) is 42.8. The van der Waals surface area contributed by atoms with Gasteiger partial charge in [-0.3, -0.25) is 8.78 Å². The van der Waals surface area contributed by atoms with Gasteiger partial charge in [0.25, 0.3) is 0 Å². The van der Waals surface area contributed by atoms with Crippen LogP contribution in [0.25, 0.3) is 44.6 Å². The zero-order valence-corrected chi connectivity index (χ0v) is 46.0. The molecule has 0 bridgehead atoms. The number of aromatic carboxylic acids is 2. The van der Waals surface area contributed by atoms with Gasteiger partial charge in [0.15, 0.2) is 0 Å². The van der Waals surface area contributed by atoms with E-state index in [1.807, 2.05) is 0 Å². The molecule has 0 atom stereocenters. The Morgan fingerprint density at radius 3 is 1.33 bits per heavy atom. The monoisotopic (exact) mass is 1200 g/mol. The van der Waals surface area contributed by atoms with Crippen LogP contribution in [-0.2, 0) is 39.1 Å². The summed E-state index contributed by atoms with van der Waals surface area (Å²) in [6.07, 6.45) is 5.63. The number of halogens is 8. The molecule has 14 nitrogen and oxygen atoms in total. The van der Waals surface area contributed by atoms with Crippen LogP contribution in [0, 0.1) is 34.1 Å².